The molecule has 2 unspecified atom stereocenters. The van der Waals surface area contributed by atoms with E-state index < -0.39 is 12.0 Å². The summed E-state index contributed by atoms with van der Waals surface area (Å²) in [6, 6.07) is 18.1. The quantitative estimate of drug-likeness (QED) is 0.222. The van der Waals surface area contributed by atoms with Gasteiger partial charge in [0.1, 0.15) is 46.4 Å². The van der Waals surface area contributed by atoms with Crippen LogP contribution in [0.1, 0.15) is 39.8 Å². The Labute approximate surface area is 200 Å². The normalized spacial score (nSPS) is 16.8. The molecule has 7 nitrogen and oxygen atoms in total. The summed E-state index contributed by atoms with van der Waals surface area (Å²) in [7, 11) is 0. The lowest BCUT2D eigenvalue weighted by Gasteiger charge is -2.22. The molecule has 0 saturated heterocycles. The summed E-state index contributed by atoms with van der Waals surface area (Å²) in [5.41, 5.74) is 3.04. The van der Waals surface area contributed by atoms with E-state index >= 15 is 0 Å². The van der Waals surface area contributed by atoms with Gasteiger partial charge in [0.05, 0.1) is 5.92 Å². The SMILES string of the molecule is Oc1ccc(/C=C/c2cc(O)cc3c2C(c2cc(O)cc(O)c2)C(c2ccc(O)cc2O)O3)cc1. The van der Waals surface area contributed by atoms with Crippen molar-refractivity contribution in [3.8, 4) is 40.2 Å². The first-order valence-electron chi connectivity index (χ1n) is 10.8. The minimum atomic E-state index is -0.783. The molecule has 0 aromatic heterocycles. The number of fused-ring (bicyclic) bond motifs is 1. The van der Waals surface area contributed by atoms with Crippen LogP contribution in [0.15, 0.2) is 72.8 Å². The summed E-state index contributed by atoms with van der Waals surface area (Å²) < 4.78 is 6.22. The van der Waals surface area contributed by atoms with Gasteiger partial charge >= 0.3 is 0 Å². The van der Waals surface area contributed by atoms with Crippen molar-refractivity contribution in [1.29, 1.82) is 0 Å². The third-order valence-corrected chi connectivity index (χ3v) is 5.98. The molecule has 2 atom stereocenters. The third-order valence-electron chi connectivity index (χ3n) is 5.98. The van der Waals surface area contributed by atoms with E-state index in [4.69, 9.17) is 4.74 Å². The maximum absolute atomic E-state index is 10.6. The summed E-state index contributed by atoms with van der Waals surface area (Å²) in [5.74, 6) is -0.647. The number of hydrogen-bond donors (Lipinski definition) is 6. The van der Waals surface area contributed by atoms with E-state index in [9.17, 15) is 30.6 Å². The molecular weight excluding hydrogens is 448 g/mol. The average molecular weight is 470 g/mol. The summed E-state index contributed by atoms with van der Waals surface area (Å²) in [4.78, 5) is 0. The monoisotopic (exact) mass is 470 g/mol. The van der Waals surface area contributed by atoms with Crippen LogP contribution in [-0.4, -0.2) is 30.6 Å². The van der Waals surface area contributed by atoms with E-state index in [0.29, 0.717) is 28.0 Å². The van der Waals surface area contributed by atoms with Gasteiger partial charge in [-0.15, -0.1) is 0 Å². The van der Waals surface area contributed by atoms with E-state index in [0.717, 1.165) is 5.56 Å². The summed E-state index contributed by atoms with van der Waals surface area (Å²) in [6.07, 6.45) is 2.83. The molecule has 0 spiro atoms. The van der Waals surface area contributed by atoms with Crippen LogP contribution in [0.4, 0.5) is 0 Å². The third kappa shape index (κ3) is 4.27. The molecule has 1 aliphatic rings. The first-order valence-corrected chi connectivity index (χ1v) is 10.8. The van der Waals surface area contributed by atoms with Crippen molar-refractivity contribution in [2.75, 3.05) is 0 Å². The smallest absolute Gasteiger partial charge is 0.138 e. The Balaban J connectivity index is 1.69. The summed E-state index contributed by atoms with van der Waals surface area (Å²) in [5, 5.41) is 60.6. The zero-order valence-corrected chi connectivity index (χ0v) is 18.3. The highest BCUT2D eigenvalue weighted by Gasteiger charge is 2.40. The molecule has 35 heavy (non-hydrogen) atoms. The van der Waals surface area contributed by atoms with Crippen molar-refractivity contribution < 1.29 is 35.4 Å². The maximum Gasteiger partial charge on any atom is 0.138 e. The second-order valence-electron chi connectivity index (χ2n) is 8.41. The minimum absolute atomic E-state index is 0.0257. The molecule has 7 heteroatoms. The highest BCUT2D eigenvalue weighted by atomic mass is 16.5. The fraction of sp³-hybridized carbons (Fsp3) is 0.0714. The Morgan fingerprint density at radius 1 is 0.600 bits per heavy atom. The number of ether oxygens (including phenoxy) is 1. The van der Waals surface area contributed by atoms with Crippen LogP contribution in [0.2, 0.25) is 0 Å². The van der Waals surface area contributed by atoms with Crippen LogP contribution in [0.25, 0.3) is 12.2 Å². The van der Waals surface area contributed by atoms with Gasteiger partial charge in [-0.25, -0.2) is 0 Å². The van der Waals surface area contributed by atoms with Crippen molar-refractivity contribution >= 4 is 12.2 Å². The zero-order chi connectivity index (χ0) is 24.7. The molecule has 5 rings (SSSR count). The predicted octanol–water partition coefficient (Wildman–Crippen LogP) is 5.36. The largest absolute Gasteiger partial charge is 0.508 e. The Morgan fingerprint density at radius 2 is 1.26 bits per heavy atom. The number of hydrogen-bond acceptors (Lipinski definition) is 7. The molecule has 0 bridgehead atoms. The van der Waals surface area contributed by atoms with Gasteiger partial charge in [0.25, 0.3) is 0 Å². The van der Waals surface area contributed by atoms with Crippen LogP contribution >= 0.6 is 0 Å². The van der Waals surface area contributed by atoms with Gasteiger partial charge in [-0.2, -0.15) is 0 Å². The summed E-state index contributed by atoms with van der Waals surface area (Å²) >= 11 is 0. The number of aromatic hydroxyl groups is 6. The Bertz CT molecular complexity index is 1420. The van der Waals surface area contributed by atoms with E-state index in [1.54, 1.807) is 42.5 Å². The lowest BCUT2D eigenvalue weighted by atomic mass is 9.82. The molecule has 6 N–H and O–H groups in total. The maximum atomic E-state index is 10.6. The molecular formula is C28H22O7. The van der Waals surface area contributed by atoms with Crippen LogP contribution in [0.3, 0.4) is 0 Å². The van der Waals surface area contributed by atoms with Gasteiger partial charge in [-0.05, 0) is 59.2 Å². The van der Waals surface area contributed by atoms with Crippen molar-refractivity contribution in [3.05, 3.63) is 101 Å². The summed E-state index contributed by atoms with van der Waals surface area (Å²) in [6.45, 7) is 0. The molecule has 0 saturated carbocycles. The molecule has 4 aromatic carbocycles. The average Bonchev–Trinajstić information content (AvgIpc) is 3.17. The highest BCUT2D eigenvalue weighted by Crippen LogP contribution is 2.54. The molecule has 1 aliphatic heterocycles. The van der Waals surface area contributed by atoms with Gasteiger partial charge in [-0.1, -0.05) is 24.3 Å². The highest BCUT2D eigenvalue weighted by molar-refractivity contribution is 5.75. The predicted molar refractivity (Wildman–Crippen MR) is 130 cm³/mol. The van der Waals surface area contributed by atoms with Gasteiger partial charge in [0, 0.05) is 29.3 Å². The van der Waals surface area contributed by atoms with Crippen molar-refractivity contribution in [3.63, 3.8) is 0 Å². The lowest BCUT2D eigenvalue weighted by molar-refractivity contribution is 0.216. The van der Waals surface area contributed by atoms with Crippen molar-refractivity contribution in [1.82, 2.24) is 0 Å². The number of benzene rings is 4. The van der Waals surface area contributed by atoms with Crippen LogP contribution < -0.4 is 4.74 Å². The van der Waals surface area contributed by atoms with E-state index in [1.165, 1.54) is 36.4 Å². The number of phenols is 6. The topological polar surface area (TPSA) is 131 Å². The molecule has 176 valence electrons. The second-order valence-corrected chi connectivity index (χ2v) is 8.41. The van der Waals surface area contributed by atoms with E-state index in [2.05, 4.69) is 0 Å². The van der Waals surface area contributed by atoms with Crippen LogP contribution in [0.5, 0.6) is 40.2 Å². The van der Waals surface area contributed by atoms with Gasteiger partial charge < -0.3 is 35.4 Å². The van der Waals surface area contributed by atoms with Crippen molar-refractivity contribution in [2.24, 2.45) is 0 Å². The first kappa shape index (κ1) is 22.0. The number of phenolic OH excluding ortho intramolecular Hbond substituents is 6. The molecule has 0 fully saturated rings. The lowest BCUT2D eigenvalue weighted by Crippen LogP contribution is -2.12. The fourth-order valence-electron chi connectivity index (χ4n) is 4.48. The fourth-order valence-corrected chi connectivity index (χ4v) is 4.48. The molecule has 0 aliphatic carbocycles. The van der Waals surface area contributed by atoms with Gasteiger partial charge in [0.15, 0.2) is 0 Å². The van der Waals surface area contributed by atoms with E-state index in [1.807, 2.05) is 6.08 Å². The molecule has 4 aromatic rings. The second kappa shape index (κ2) is 8.53. The molecule has 0 amide bonds. The number of rotatable bonds is 4. The Morgan fingerprint density at radius 3 is 1.94 bits per heavy atom. The molecule has 1 heterocycles. The van der Waals surface area contributed by atoms with Crippen molar-refractivity contribution in [2.45, 2.75) is 12.0 Å². The van der Waals surface area contributed by atoms with E-state index in [-0.39, 0.29) is 34.5 Å². The Kier molecular flexibility index (Phi) is 5.37. The standard InChI is InChI=1S/C28H22O7/c29-18-5-2-15(3-6-18)1-4-16-9-22(33)14-25-26(16)27(17-10-20(31)12-21(32)11-17)28(35-25)23-8-7-19(30)13-24(23)34/h1-14,27-34H/b4-1+. The zero-order valence-electron chi connectivity index (χ0n) is 18.3. The molecule has 0 radical (unpaired) electrons. The minimum Gasteiger partial charge on any atom is -0.508 e. The Hall–Kier alpha value is -4.78. The van der Waals surface area contributed by atoms with Gasteiger partial charge in [0.2, 0.25) is 0 Å². The first-order chi connectivity index (χ1) is 16.8. The van der Waals surface area contributed by atoms with Crippen LogP contribution in [-0.2, 0) is 0 Å². The van der Waals surface area contributed by atoms with Gasteiger partial charge in [-0.3, -0.25) is 0 Å². The van der Waals surface area contributed by atoms with Crippen LogP contribution in [0, 0.1) is 0 Å².